The molecule has 0 amide bonds. The number of aliphatic hydroxyl groups is 1. The highest BCUT2D eigenvalue weighted by molar-refractivity contribution is 5.14. The first-order valence-electron chi connectivity index (χ1n) is 7.35. The molecule has 1 aromatic carbocycles. The van der Waals surface area contributed by atoms with Gasteiger partial charge in [-0.3, -0.25) is 4.90 Å². The van der Waals surface area contributed by atoms with Gasteiger partial charge in [0.15, 0.2) is 0 Å². The molecule has 3 nitrogen and oxygen atoms in total. The van der Waals surface area contributed by atoms with Crippen molar-refractivity contribution in [2.75, 3.05) is 19.7 Å². The Morgan fingerprint density at radius 3 is 2.53 bits per heavy atom. The number of aliphatic hydroxyl groups excluding tert-OH is 1. The van der Waals surface area contributed by atoms with E-state index in [1.54, 1.807) is 0 Å². The molecule has 0 radical (unpaired) electrons. The highest BCUT2D eigenvalue weighted by Gasteiger charge is 2.41. The maximum atomic E-state index is 9.19. The topological polar surface area (TPSA) is 32.7 Å². The summed E-state index contributed by atoms with van der Waals surface area (Å²) in [7, 11) is 0. The van der Waals surface area contributed by atoms with E-state index in [1.807, 2.05) is 0 Å². The van der Waals surface area contributed by atoms with Crippen molar-refractivity contribution in [3.63, 3.8) is 0 Å². The lowest BCUT2D eigenvalue weighted by Crippen LogP contribution is -2.44. The van der Waals surface area contributed by atoms with Crippen LogP contribution in [0.5, 0.6) is 0 Å². The molecule has 1 aromatic rings. The van der Waals surface area contributed by atoms with E-state index < -0.39 is 0 Å². The molecular weight excluding hydrogens is 238 g/mol. The van der Waals surface area contributed by atoms with Crippen LogP contribution in [-0.4, -0.2) is 41.4 Å². The molecule has 2 saturated heterocycles. The summed E-state index contributed by atoms with van der Waals surface area (Å²) in [5.41, 5.74) is 1.46. The van der Waals surface area contributed by atoms with Gasteiger partial charge in [0.05, 0.1) is 18.3 Å². The Kier molecular flexibility index (Phi) is 3.87. The van der Waals surface area contributed by atoms with Gasteiger partial charge in [0.25, 0.3) is 0 Å². The number of hydrogen-bond donors (Lipinski definition) is 1. The molecule has 3 rings (SSSR count). The lowest BCUT2D eigenvalue weighted by Gasteiger charge is -2.39. The molecule has 19 heavy (non-hydrogen) atoms. The number of hydrogen-bond acceptors (Lipinski definition) is 3. The van der Waals surface area contributed by atoms with Gasteiger partial charge in [0.1, 0.15) is 0 Å². The minimum absolute atomic E-state index is 0.0700. The summed E-state index contributed by atoms with van der Waals surface area (Å²) in [4.78, 5) is 2.51. The molecule has 1 N–H and O–H groups in total. The molecular formula is C16H23NO2. The van der Waals surface area contributed by atoms with Crippen molar-refractivity contribution in [3.05, 3.63) is 35.9 Å². The SMILES string of the molecule is OC[C@H]1CCC2(CCN(Cc3ccccc3)CC2)O1. The van der Waals surface area contributed by atoms with Gasteiger partial charge < -0.3 is 9.84 Å². The van der Waals surface area contributed by atoms with Crippen molar-refractivity contribution in [1.82, 2.24) is 4.90 Å². The summed E-state index contributed by atoms with van der Waals surface area (Å²) in [6.45, 7) is 3.43. The average Bonchev–Trinajstić information content (AvgIpc) is 2.86. The fourth-order valence-electron chi connectivity index (χ4n) is 3.35. The van der Waals surface area contributed by atoms with E-state index >= 15 is 0 Å². The zero-order chi connectivity index (χ0) is 13.1. The van der Waals surface area contributed by atoms with Crippen LogP contribution >= 0.6 is 0 Å². The van der Waals surface area contributed by atoms with Gasteiger partial charge in [-0.25, -0.2) is 0 Å². The lowest BCUT2D eigenvalue weighted by atomic mass is 9.88. The number of likely N-dealkylation sites (tertiary alicyclic amines) is 1. The maximum absolute atomic E-state index is 9.19. The number of benzene rings is 1. The third kappa shape index (κ3) is 2.99. The quantitative estimate of drug-likeness (QED) is 0.905. The van der Waals surface area contributed by atoms with E-state index in [-0.39, 0.29) is 18.3 Å². The first-order valence-corrected chi connectivity index (χ1v) is 7.35. The Balaban J connectivity index is 1.53. The third-order valence-corrected chi connectivity index (χ3v) is 4.56. The second-order valence-electron chi connectivity index (χ2n) is 5.91. The van der Waals surface area contributed by atoms with Crippen molar-refractivity contribution >= 4 is 0 Å². The van der Waals surface area contributed by atoms with Gasteiger partial charge in [-0.1, -0.05) is 30.3 Å². The largest absolute Gasteiger partial charge is 0.394 e. The summed E-state index contributed by atoms with van der Waals surface area (Å²) < 4.78 is 6.06. The summed E-state index contributed by atoms with van der Waals surface area (Å²) >= 11 is 0. The predicted octanol–water partition coefficient (Wildman–Crippen LogP) is 2.19. The molecule has 0 unspecified atom stereocenters. The second-order valence-corrected chi connectivity index (χ2v) is 5.91. The van der Waals surface area contributed by atoms with Crippen LogP contribution in [-0.2, 0) is 11.3 Å². The van der Waals surface area contributed by atoms with Crippen molar-refractivity contribution in [3.8, 4) is 0 Å². The lowest BCUT2D eigenvalue weighted by molar-refractivity contribution is -0.0900. The van der Waals surface area contributed by atoms with Crippen LogP contribution in [0.25, 0.3) is 0 Å². The van der Waals surface area contributed by atoms with Gasteiger partial charge in [-0.05, 0) is 31.2 Å². The minimum atomic E-state index is 0.0700. The predicted molar refractivity (Wildman–Crippen MR) is 74.9 cm³/mol. The Bertz CT molecular complexity index is 398. The molecule has 0 aliphatic carbocycles. The Morgan fingerprint density at radius 2 is 1.89 bits per heavy atom. The van der Waals surface area contributed by atoms with E-state index in [4.69, 9.17) is 4.74 Å². The second kappa shape index (κ2) is 5.61. The van der Waals surface area contributed by atoms with E-state index in [1.165, 1.54) is 5.56 Å². The number of piperidine rings is 1. The van der Waals surface area contributed by atoms with E-state index in [0.717, 1.165) is 45.3 Å². The molecule has 2 aliphatic rings. The Labute approximate surface area is 115 Å². The van der Waals surface area contributed by atoms with Crippen LogP contribution in [0.2, 0.25) is 0 Å². The monoisotopic (exact) mass is 261 g/mol. The number of rotatable bonds is 3. The molecule has 2 fully saturated rings. The third-order valence-electron chi connectivity index (χ3n) is 4.56. The number of ether oxygens (including phenoxy) is 1. The van der Waals surface area contributed by atoms with Gasteiger partial charge in [0.2, 0.25) is 0 Å². The van der Waals surface area contributed by atoms with Gasteiger partial charge in [0, 0.05) is 19.6 Å². The molecule has 1 atom stereocenters. The molecule has 0 saturated carbocycles. The van der Waals surface area contributed by atoms with E-state index in [0.29, 0.717) is 0 Å². The first kappa shape index (κ1) is 13.1. The molecule has 1 spiro atoms. The van der Waals surface area contributed by atoms with Crippen LogP contribution in [0, 0.1) is 0 Å². The molecule has 104 valence electrons. The van der Waals surface area contributed by atoms with Crippen LogP contribution < -0.4 is 0 Å². The van der Waals surface area contributed by atoms with Crippen LogP contribution in [0.4, 0.5) is 0 Å². The highest BCUT2D eigenvalue weighted by Crippen LogP contribution is 2.38. The minimum Gasteiger partial charge on any atom is -0.394 e. The van der Waals surface area contributed by atoms with Crippen molar-refractivity contribution in [1.29, 1.82) is 0 Å². The zero-order valence-electron chi connectivity index (χ0n) is 11.4. The van der Waals surface area contributed by atoms with Gasteiger partial charge >= 0.3 is 0 Å². The average molecular weight is 261 g/mol. The van der Waals surface area contributed by atoms with Crippen LogP contribution in [0.15, 0.2) is 30.3 Å². The standard InChI is InChI=1S/C16H23NO2/c18-13-15-6-7-16(19-15)8-10-17(11-9-16)12-14-4-2-1-3-5-14/h1-5,15,18H,6-13H2/t15-/m1/s1. The molecule has 2 heterocycles. The Morgan fingerprint density at radius 1 is 1.16 bits per heavy atom. The fourth-order valence-corrected chi connectivity index (χ4v) is 3.35. The van der Waals surface area contributed by atoms with E-state index in [9.17, 15) is 5.11 Å². The Hall–Kier alpha value is -0.900. The van der Waals surface area contributed by atoms with Gasteiger partial charge in [-0.2, -0.15) is 0 Å². The smallest absolute Gasteiger partial charge is 0.0814 e. The van der Waals surface area contributed by atoms with Crippen molar-refractivity contribution in [2.45, 2.75) is 43.9 Å². The van der Waals surface area contributed by atoms with Gasteiger partial charge in [-0.15, -0.1) is 0 Å². The van der Waals surface area contributed by atoms with E-state index in [2.05, 4.69) is 35.2 Å². The first-order chi connectivity index (χ1) is 9.30. The van der Waals surface area contributed by atoms with Crippen molar-refractivity contribution in [2.24, 2.45) is 0 Å². The van der Waals surface area contributed by atoms with Crippen molar-refractivity contribution < 1.29 is 9.84 Å². The highest BCUT2D eigenvalue weighted by atomic mass is 16.5. The van der Waals surface area contributed by atoms with Crippen LogP contribution in [0.3, 0.4) is 0 Å². The summed E-state index contributed by atoms with van der Waals surface area (Å²) in [5.74, 6) is 0. The number of nitrogens with zero attached hydrogens (tertiary/aromatic N) is 1. The van der Waals surface area contributed by atoms with Crippen LogP contribution in [0.1, 0.15) is 31.2 Å². The molecule has 0 aromatic heterocycles. The normalized spacial score (nSPS) is 26.9. The zero-order valence-corrected chi connectivity index (χ0v) is 11.4. The summed E-state index contributed by atoms with van der Waals surface area (Å²) in [6, 6.07) is 10.7. The molecule has 2 aliphatic heterocycles. The summed E-state index contributed by atoms with van der Waals surface area (Å²) in [6.07, 6.45) is 4.44. The fraction of sp³-hybridized carbons (Fsp3) is 0.625. The molecule has 0 bridgehead atoms. The maximum Gasteiger partial charge on any atom is 0.0814 e. The molecule has 3 heteroatoms. The summed E-state index contributed by atoms with van der Waals surface area (Å²) in [5, 5.41) is 9.19.